The minimum Gasteiger partial charge on any atom is -0.326 e. The van der Waals surface area contributed by atoms with Gasteiger partial charge in [0.25, 0.3) is 0 Å². The van der Waals surface area contributed by atoms with Crippen LogP contribution in [-0.4, -0.2) is 15.6 Å². The lowest BCUT2D eigenvalue weighted by Gasteiger charge is -2.23. The molecule has 4 heteroatoms. The number of nitrogens with two attached hydrogens (primary N) is 1. The first kappa shape index (κ1) is 12.3. The van der Waals surface area contributed by atoms with Crippen LogP contribution < -0.4 is 5.73 Å². The van der Waals surface area contributed by atoms with Gasteiger partial charge in [-0.25, -0.2) is 4.98 Å². The molecule has 0 saturated carbocycles. The Balaban J connectivity index is 2.36. The van der Waals surface area contributed by atoms with Crippen LogP contribution >= 0.6 is 11.3 Å². The summed E-state index contributed by atoms with van der Waals surface area (Å²) in [5.74, 6) is 1.13. The number of hydrogen-bond donors (Lipinski definition) is 1. The van der Waals surface area contributed by atoms with E-state index in [9.17, 15) is 0 Å². The number of rotatable bonds is 5. The van der Waals surface area contributed by atoms with Crippen molar-refractivity contribution in [3.8, 4) is 0 Å². The topological polar surface area (TPSA) is 43.8 Å². The normalized spacial score (nSPS) is 14.8. The van der Waals surface area contributed by atoms with Gasteiger partial charge in [-0.05, 0) is 35.7 Å². The van der Waals surface area contributed by atoms with Gasteiger partial charge < -0.3 is 10.3 Å². The molecule has 0 aliphatic heterocycles. The number of aromatic nitrogens is 2. The molecule has 0 aliphatic rings. The SMILES string of the molecule is CCCc1nccn1C(c1ccsc1)C(C)N. The smallest absolute Gasteiger partial charge is 0.109 e. The highest BCUT2D eigenvalue weighted by Gasteiger charge is 2.20. The number of imidazole rings is 1. The fourth-order valence-corrected chi connectivity index (χ4v) is 2.86. The van der Waals surface area contributed by atoms with Gasteiger partial charge in [0.05, 0.1) is 6.04 Å². The summed E-state index contributed by atoms with van der Waals surface area (Å²) in [6.45, 7) is 4.22. The summed E-state index contributed by atoms with van der Waals surface area (Å²) in [6, 6.07) is 2.42. The fourth-order valence-electron chi connectivity index (χ4n) is 2.18. The molecule has 2 rings (SSSR count). The molecule has 0 bridgehead atoms. The highest BCUT2D eigenvalue weighted by atomic mass is 32.1. The van der Waals surface area contributed by atoms with E-state index in [2.05, 4.69) is 40.2 Å². The van der Waals surface area contributed by atoms with Gasteiger partial charge >= 0.3 is 0 Å². The maximum absolute atomic E-state index is 6.14. The molecule has 0 amide bonds. The predicted molar refractivity (Wildman–Crippen MR) is 72.3 cm³/mol. The summed E-state index contributed by atoms with van der Waals surface area (Å²) in [6.07, 6.45) is 6.01. The Bertz CT molecular complexity index is 445. The van der Waals surface area contributed by atoms with Crippen LogP contribution in [0.5, 0.6) is 0 Å². The zero-order valence-electron chi connectivity index (χ0n) is 10.3. The van der Waals surface area contributed by atoms with Crippen molar-refractivity contribution in [3.05, 3.63) is 40.6 Å². The van der Waals surface area contributed by atoms with Gasteiger partial charge in [0.15, 0.2) is 0 Å². The lowest BCUT2D eigenvalue weighted by molar-refractivity contribution is 0.479. The van der Waals surface area contributed by atoms with Crippen molar-refractivity contribution >= 4 is 11.3 Å². The second-order valence-corrected chi connectivity index (χ2v) is 5.14. The number of nitrogens with zero attached hydrogens (tertiary/aromatic N) is 2. The Hall–Kier alpha value is -1.13. The van der Waals surface area contributed by atoms with Gasteiger partial charge in [-0.1, -0.05) is 6.92 Å². The van der Waals surface area contributed by atoms with Crippen molar-refractivity contribution in [2.45, 2.75) is 38.8 Å². The third-order valence-corrected chi connectivity index (χ3v) is 3.61. The third-order valence-electron chi connectivity index (χ3n) is 2.90. The van der Waals surface area contributed by atoms with Crippen LogP contribution in [-0.2, 0) is 6.42 Å². The van der Waals surface area contributed by atoms with Gasteiger partial charge in [0.2, 0.25) is 0 Å². The van der Waals surface area contributed by atoms with Crippen LogP contribution in [0.15, 0.2) is 29.2 Å². The van der Waals surface area contributed by atoms with Gasteiger partial charge in [-0.3, -0.25) is 0 Å². The lowest BCUT2D eigenvalue weighted by Crippen LogP contribution is -2.30. The molecular formula is C13H19N3S. The Morgan fingerprint density at radius 1 is 1.53 bits per heavy atom. The molecule has 2 unspecified atom stereocenters. The lowest BCUT2D eigenvalue weighted by atomic mass is 10.0. The zero-order chi connectivity index (χ0) is 12.3. The van der Waals surface area contributed by atoms with E-state index < -0.39 is 0 Å². The standard InChI is InChI=1S/C13H19N3S/c1-3-4-12-15-6-7-16(12)13(10(2)14)11-5-8-17-9-11/h5-10,13H,3-4,14H2,1-2H3. The predicted octanol–water partition coefficient (Wildman–Crippen LogP) is 2.83. The van der Waals surface area contributed by atoms with Crippen molar-refractivity contribution in [1.29, 1.82) is 0 Å². The maximum Gasteiger partial charge on any atom is 0.109 e. The van der Waals surface area contributed by atoms with Gasteiger partial charge in [-0.15, -0.1) is 0 Å². The van der Waals surface area contributed by atoms with E-state index >= 15 is 0 Å². The summed E-state index contributed by atoms with van der Waals surface area (Å²) in [5, 5.41) is 4.27. The van der Waals surface area contributed by atoms with Gasteiger partial charge in [-0.2, -0.15) is 11.3 Å². The first-order valence-electron chi connectivity index (χ1n) is 6.03. The summed E-state index contributed by atoms with van der Waals surface area (Å²) in [5.41, 5.74) is 7.42. The summed E-state index contributed by atoms with van der Waals surface area (Å²) >= 11 is 1.71. The molecule has 0 aliphatic carbocycles. The van der Waals surface area contributed by atoms with Gasteiger partial charge in [0.1, 0.15) is 5.82 Å². The molecule has 0 radical (unpaired) electrons. The van der Waals surface area contributed by atoms with Crippen LogP contribution in [0.4, 0.5) is 0 Å². The molecule has 3 nitrogen and oxygen atoms in total. The van der Waals surface area contributed by atoms with E-state index in [-0.39, 0.29) is 12.1 Å². The van der Waals surface area contributed by atoms with Crippen molar-refractivity contribution in [1.82, 2.24) is 9.55 Å². The molecule has 0 aromatic carbocycles. The second-order valence-electron chi connectivity index (χ2n) is 4.36. The molecule has 2 aromatic rings. The quantitative estimate of drug-likeness (QED) is 0.885. The summed E-state index contributed by atoms with van der Waals surface area (Å²) in [4.78, 5) is 4.43. The molecular weight excluding hydrogens is 230 g/mol. The second kappa shape index (κ2) is 5.47. The van der Waals surface area contributed by atoms with E-state index in [1.807, 2.05) is 12.4 Å². The molecule has 0 fully saturated rings. The highest BCUT2D eigenvalue weighted by molar-refractivity contribution is 7.07. The highest BCUT2D eigenvalue weighted by Crippen LogP contribution is 2.25. The molecule has 0 spiro atoms. The third kappa shape index (κ3) is 2.58. The molecule has 2 atom stereocenters. The van der Waals surface area contributed by atoms with Crippen molar-refractivity contribution in [2.24, 2.45) is 5.73 Å². The van der Waals surface area contributed by atoms with Crippen LogP contribution in [0.2, 0.25) is 0 Å². The molecule has 2 heterocycles. The minimum atomic E-state index is 0.0782. The van der Waals surface area contributed by atoms with Crippen molar-refractivity contribution in [3.63, 3.8) is 0 Å². The van der Waals surface area contributed by atoms with E-state index in [1.165, 1.54) is 5.56 Å². The average molecular weight is 249 g/mol. The van der Waals surface area contributed by atoms with E-state index in [4.69, 9.17) is 5.73 Å². The average Bonchev–Trinajstić information content (AvgIpc) is 2.92. The Kier molecular flexibility index (Phi) is 3.97. The van der Waals surface area contributed by atoms with Gasteiger partial charge in [0, 0.05) is 24.9 Å². The fraction of sp³-hybridized carbons (Fsp3) is 0.462. The monoisotopic (exact) mass is 249 g/mol. The molecule has 2 N–H and O–H groups in total. The Morgan fingerprint density at radius 3 is 2.94 bits per heavy atom. The van der Waals surface area contributed by atoms with Crippen LogP contribution in [0, 0.1) is 0 Å². The molecule has 0 saturated heterocycles. The molecule has 17 heavy (non-hydrogen) atoms. The number of aryl methyl sites for hydroxylation is 1. The Morgan fingerprint density at radius 2 is 2.35 bits per heavy atom. The maximum atomic E-state index is 6.14. The first-order chi connectivity index (χ1) is 8.24. The van der Waals surface area contributed by atoms with Crippen molar-refractivity contribution < 1.29 is 0 Å². The van der Waals surface area contributed by atoms with Crippen LogP contribution in [0.1, 0.15) is 37.7 Å². The van der Waals surface area contributed by atoms with Crippen LogP contribution in [0.25, 0.3) is 0 Å². The molecule has 92 valence electrons. The van der Waals surface area contributed by atoms with E-state index in [0.29, 0.717) is 0 Å². The first-order valence-corrected chi connectivity index (χ1v) is 6.97. The molecule has 2 aromatic heterocycles. The summed E-state index contributed by atoms with van der Waals surface area (Å²) < 4.78 is 2.22. The largest absolute Gasteiger partial charge is 0.326 e. The van der Waals surface area contributed by atoms with E-state index in [1.54, 1.807) is 11.3 Å². The van der Waals surface area contributed by atoms with E-state index in [0.717, 1.165) is 18.7 Å². The Labute approximate surface area is 106 Å². The van der Waals surface area contributed by atoms with Crippen LogP contribution in [0.3, 0.4) is 0 Å². The zero-order valence-corrected chi connectivity index (χ0v) is 11.2. The minimum absolute atomic E-state index is 0.0782. The summed E-state index contributed by atoms with van der Waals surface area (Å²) in [7, 11) is 0. The number of thiophene rings is 1. The van der Waals surface area contributed by atoms with Crippen molar-refractivity contribution in [2.75, 3.05) is 0 Å². The number of hydrogen-bond acceptors (Lipinski definition) is 3.